The highest BCUT2D eigenvalue weighted by Gasteiger charge is 2.34. The van der Waals surface area contributed by atoms with E-state index in [-0.39, 0.29) is 24.8 Å². The van der Waals surface area contributed by atoms with Crippen molar-refractivity contribution in [2.45, 2.75) is 18.8 Å². The van der Waals surface area contributed by atoms with Gasteiger partial charge in [-0.25, -0.2) is 0 Å². The van der Waals surface area contributed by atoms with Crippen LogP contribution in [-0.2, 0) is 17.5 Å². The van der Waals surface area contributed by atoms with Crippen molar-refractivity contribution in [2.24, 2.45) is 0 Å². The van der Waals surface area contributed by atoms with Crippen LogP contribution in [0.5, 0.6) is 0 Å². The minimum atomic E-state index is -4.35. The molecule has 1 unspecified atom stereocenters. The van der Waals surface area contributed by atoms with Crippen LogP contribution in [0.25, 0.3) is 0 Å². The smallest absolute Gasteiger partial charge is 0.395 e. The molecule has 6 heteroatoms. The van der Waals surface area contributed by atoms with Crippen LogP contribution in [0.15, 0.2) is 24.3 Å². The molecule has 1 atom stereocenters. The van der Waals surface area contributed by atoms with Gasteiger partial charge in [0.2, 0.25) is 0 Å². The molecule has 1 aliphatic heterocycles. The second-order valence-electron chi connectivity index (χ2n) is 4.54. The van der Waals surface area contributed by atoms with E-state index in [1.54, 1.807) is 6.07 Å². The van der Waals surface area contributed by atoms with Gasteiger partial charge in [-0.1, -0.05) is 18.2 Å². The molecule has 0 aromatic heterocycles. The maximum absolute atomic E-state index is 12.9. The van der Waals surface area contributed by atoms with Crippen molar-refractivity contribution in [3.05, 3.63) is 35.4 Å². The van der Waals surface area contributed by atoms with Crippen LogP contribution in [-0.4, -0.2) is 42.4 Å². The van der Waals surface area contributed by atoms with Crippen LogP contribution in [0.4, 0.5) is 13.2 Å². The van der Waals surface area contributed by atoms with Gasteiger partial charge in [0.05, 0.1) is 31.4 Å². The number of aliphatic hydroxyl groups excluding tert-OH is 1. The first-order valence-electron chi connectivity index (χ1n) is 6.10. The quantitative estimate of drug-likeness (QED) is 0.914. The molecule has 106 valence electrons. The predicted octanol–water partition coefficient (Wildman–Crippen LogP) is 1.90. The Balaban J connectivity index is 2.18. The Bertz CT molecular complexity index is 423. The molecular formula is C13H16F3NO2. The maximum Gasteiger partial charge on any atom is 0.416 e. The molecule has 0 radical (unpaired) electrons. The van der Waals surface area contributed by atoms with Gasteiger partial charge in [0, 0.05) is 13.1 Å². The minimum Gasteiger partial charge on any atom is -0.395 e. The fourth-order valence-electron chi connectivity index (χ4n) is 2.22. The van der Waals surface area contributed by atoms with E-state index in [0.717, 1.165) is 6.07 Å². The van der Waals surface area contributed by atoms with Gasteiger partial charge in [0.25, 0.3) is 0 Å². The summed E-state index contributed by atoms with van der Waals surface area (Å²) in [7, 11) is 0. The summed E-state index contributed by atoms with van der Waals surface area (Å²) in [5.41, 5.74) is -0.381. The zero-order valence-corrected chi connectivity index (χ0v) is 10.4. The predicted molar refractivity (Wildman–Crippen MR) is 63.5 cm³/mol. The van der Waals surface area contributed by atoms with Gasteiger partial charge in [-0.15, -0.1) is 0 Å². The van der Waals surface area contributed by atoms with E-state index in [1.807, 2.05) is 4.90 Å². The summed E-state index contributed by atoms with van der Waals surface area (Å²) in [6.45, 7) is 1.41. The minimum absolute atomic E-state index is 0.117. The summed E-state index contributed by atoms with van der Waals surface area (Å²) in [5, 5.41) is 9.22. The Morgan fingerprint density at radius 2 is 2.05 bits per heavy atom. The molecule has 1 aromatic rings. The molecule has 1 heterocycles. The molecule has 2 rings (SSSR count). The molecule has 0 aliphatic carbocycles. The van der Waals surface area contributed by atoms with Gasteiger partial charge in [-0.3, -0.25) is 4.90 Å². The molecule has 1 N–H and O–H groups in total. The number of benzene rings is 1. The molecule has 1 fully saturated rings. The van der Waals surface area contributed by atoms with Gasteiger partial charge in [-0.05, 0) is 11.6 Å². The van der Waals surface area contributed by atoms with Crippen molar-refractivity contribution in [3.63, 3.8) is 0 Å². The molecule has 1 saturated heterocycles. The van der Waals surface area contributed by atoms with Crippen LogP contribution in [0.3, 0.4) is 0 Å². The van der Waals surface area contributed by atoms with Gasteiger partial charge >= 0.3 is 6.18 Å². The zero-order chi connectivity index (χ0) is 13.9. The van der Waals surface area contributed by atoms with E-state index in [2.05, 4.69) is 0 Å². The topological polar surface area (TPSA) is 32.7 Å². The van der Waals surface area contributed by atoms with Gasteiger partial charge in [0.1, 0.15) is 0 Å². The third-order valence-electron chi connectivity index (χ3n) is 3.26. The first-order chi connectivity index (χ1) is 9.02. The number of halogens is 3. The zero-order valence-electron chi connectivity index (χ0n) is 10.4. The molecular weight excluding hydrogens is 259 g/mol. The molecule has 19 heavy (non-hydrogen) atoms. The van der Waals surface area contributed by atoms with E-state index in [4.69, 9.17) is 4.74 Å². The molecule has 0 bridgehead atoms. The van der Waals surface area contributed by atoms with Crippen molar-refractivity contribution >= 4 is 0 Å². The lowest BCUT2D eigenvalue weighted by atomic mass is 10.1. The van der Waals surface area contributed by atoms with Crippen LogP contribution < -0.4 is 0 Å². The summed E-state index contributed by atoms with van der Waals surface area (Å²) in [6, 6.07) is 5.31. The number of alkyl halides is 3. The van der Waals surface area contributed by atoms with Gasteiger partial charge in [-0.2, -0.15) is 13.2 Å². The molecule has 3 nitrogen and oxygen atoms in total. The second kappa shape index (κ2) is 5.90. The fourth-order valence-corrected chi connectivity index (χ4v) is 2.22. The summed E-state index contributed by atoms with van der Waals surface area (Å²) in [5.74, 6) is 0. The van der Waals surface area contributed by atoms with Crippen molar-refractivity contribution in [1.29, 1.82) is 0 Å². The largest absolute Gasteiger partial charge is 0.416 e. The highest BCUT2D eigenvalue weighted by molar-refractivity contribution is 5.29. The number of rotatable bonds is 3. The molecule has 1 aliphatic rings. The lowest BCUT2D eigenvalue weighted by Crippen LogP contribution is -2.47. The van der Waals surface area contributed by atoms with E-state index >= 15 is 0 Å². The van der Waals surface area contributed by atoms with Gasteiger partial charge < -0.3 is 9.84 Å². The van der Waals surface area contributed by atoms with Crippen molar-refractivity contribution < 1.29 is 23.0 Å². The number of hydrogen-bond acceptors (Lipinski definition) is 3. The summed E-state index contributed by atoms with van der Waals surface area (Å²) in [6.07, 6.45) is -4.35. The Morgan fingerprint density at radius 1 is 1.32 bits per heavy atom. The third-order valence-corrected chi connectivity index (χ3v) is 3.26. The Labute approximate surface area is 109 Å². The second-order valence-corrected chi connectivity index (χ2v) is 4.54. The van der Waals surface area contributed by atoms with E-state index < -0.39 is 11.7 Å². The number of hydrogen-bond donors (Lipinski definition) is 1. The SMILES string of the molecule is OCC1COCCN1Cc1ccccc1C(F)(F)F. The van der Waals surface area contributed by atoms with E-state index in [0.29, 0.717) is 19.8 Å². The van der Waals surface area contributed by atoms with E-state index in [1.165, 1.54) is 12.1 Å². The van der Waals surface area contributed by atoms with Crippen molar-refractivity contribution in [1.82, 2.24) is 4.90 Å². The van der Waals surface area contributed by atoms with Crippen molar-refractivity contribution in [2.75, 3.05) is 26.4 Å². The average Bonchev–Trinajstić information content (AvgIpc) is 2.39. The maximum atomic E-state index is 12.9. The summed E-state index contributed by atoms with van der Waals surface area (Å²) in [4.78, 5) is 1.83. The van der Waals surface area contributed by atoms with Crippen LogP contribution in [0, 0.1) is 0 Å². The monoisotopic (exact) mass is 275 g/mol. The molecule has 1 aromatic carbocycles. The van der Waals surface area contributed by atoms with E-state index in [9.17, 15) is 18.3 Å². The molecule has 0 spiro atoms. The first kappa shape index (κ1) is 14.3. The summed E-state index contributed by atoms with van der Waals surface area (Å²) < 4.78 is 43.9. The number of morpholine rings is 1. The Morgan fingerprint density at radius 3 is 2.74 bits per heavy atom. The molecule has 0 saturated carbocycles. The Kier molecular flexibility index (Phi) is 4.44. The van der Waals surface area contributed by atoms with Crippen LogP contribution in [0.2, 0.25) is 0 Å². The summed E-state index contributed by atoms with van der Waals surface area (Å²) >= 11 is 0. The number of nitrogens with zero attached hydrogens (tertiary/aromatic N) is 1. The number of aliphatic hydroxyl groups is 1. The standard InChI is InChI=1S/C13H16F3NO2/c14-13(15,16)12-4-2-1-3-10(12)7-17-5-6-19-9-11(17)8-18/h1-4,11,18H,5-9H2. The first-order valence-corrected chi connectivity index (χ1v) is 6.10. The van der Waals surface area contributed by atoms with Crippen LogP contribution >= 0.6 is 0 Å². The average molecular weight is 275 g/mol. The third kappa shape index (κ3) is 3.46. The highest BCUT2D eigenvalue weighted by Crippen LogP contribution is 2.32. The van der Waals surface area contributed by atoms with Crippen molar-refractivity contribution in [3.8, 4) is 0 Å². The highest BCUT2D eigenvalue weighted by atomic mass is 19.4. The normalized spacial score (nSPS) is 21.6. The molecule has 0 amide bonds. The lowest BCUT2D eigenvalue weighted by molar-refractivity contribution is -0.138. The Hall–Kier alpha value is -1.11. The van der Waals surface area contributed by atoms with Gasteiger partial charge in [0.15, 0.2) is 0 Å². The number of ether oxygens (including phenoxy) is 1. The van der Waals surface area contributed by atoms with Crippen LogP contribution in [0.1, 0.15) is 11.1 Å². The fraction of sp³-hybridized carbons (Fsp3) is 0.538. The lowest BCUT2D eigenvalue weighted by Gasteiger charge is -2.34.